The van der Waals surface area contributed by atoms with Crippen molar-refractivity contribution < 1.29 is 24.2 Å². The normalized spacial score (nSPS) is 41.0. The van der Waals surface area contributed by atoms with Gasteiger partial charge < -0.3 is 20.5 Å². The zero-order valence-electron chi connectivity index (χ0n) is 20.1. The summed E-state index contributed by atoms with van der Waals surface area (Å²) in [4.78, 5) is 41.4. The van der Waals surface area contributed by atoms with Crippen molar-refractivity contribution in [3.05, 3.63) is 0 Å². The molecule has 9 nitrogen and oxygen atoms in total. The summed E-state index contributed by atoms with van der Waals surface area (Å²) in [5.41, 5.74) is 5.70. The minimum atomic E-state index is -0.937. The Balaban J connectivity index is 1.35. The predicted octanol–water partition coefficient (Wildman–Crippen LogP) is 1.50. The summed E-state index contributed by atoms with van der Waals surface area (Å²) in [5, 5.41) is 18.7. The Labute approximate surface area is 200 Å². The van der Waals surface area contributed by atoms with Gasteiger partial charge in [-0.25, -0.2) is 0 Å². The SMILES string of the molecule is CN(C)[C@@H](CCC(=O)O)C(=O)OC12CC3CC(C1)CC([C@H](N)C(=O)N1[C@H](C#N)C[C@@H]4C[C@@H]41)(C3)C2. The zero-order chi connectivity index (χ0) is 24.4. The van der Waals surface area contributed by atoms with Crippen LogP contribution in [0.2, 0.25) is 0 Å². The van der Waals surface area contributed by atoms with Crippen LogP contribution in [0.3, 0.4) is 0 Å². The summed E-state index contributed by atoms with van der Waals surface area (Å²) in [6.07, 6.45) is 6.77. The number of likely N-dealkylation sites (tertiary alicyclic amines) is 1. The van der Waals surface area contributed by atoms with Gasteiger partial charge in [-0.15, -0.1) is 0 Å². The number of likely N-dealkylation sites (N-methyl/N-ethyl adjacent to an activating group) is 1. The lowest BCUT2D eigenvalue weighted by Crippen LogP contribution is -2.66. The van der Waals surface area contributed by atoms with Crippen LogP contribution in [0.1, 0.15) is 64.2 Å². The van der Waals surface area contributed by atoms with Crippen molar-refractivity contribution in [3.63, 3.8) is 0 Å². The van der Waals surface area contributed by atoms with Crippen LogP contribution in [0.25, 0.3) is 0 Å². The van der Waals surface area contributed by atoms with Crippen LogP contribution in [-0.2, 0) is 19.1 Å². The van der Waals surface area contributed by atoms with Crippen LogP contribution in [0, 0.1) is 34.5 Å². The zero-order valence-corrected chi connectivity index (χ0v) is 20.1. The molecule has 0 radical (unpaired) electrons. The predicted molar refractivity (Wildman–Crippen MR) is 121 cm³/mol. The monoisotopic (exact) mass is 472 g/mol. The van der Waals surface area contributed by atoms with Crippen molar-refractivity contribution >= 4 is 17.8 Å². The number of hydrogen-bond acceptors (Lipinski definition) is 7. The number of hydrogen-bond donors (Lipinski definition) is 2. The van der Waals surface area contributed by atoms with Gasteiger partial charge in [0.25, 0.3) is 0 Å². The van der Waals surface area contributed by atoms with Crippen LogP contribution >= 0.6 is 0 Å². The van der Waals surface area contributed by atoms with Gasteiger partial charge in [0.05, 0.1) is 12.1 Å². The molecule has 0 aromatic rings. The molecule has 4 bridgehead atoms. The van der Waals surface area contributed by atoms with E-state index in [4.69, 9.17) is 15.6 Å². The number of carbonyl (C=O) groups excluding carboxylic acids is 2. The van der Waals surface area contributed by atoms with Gasteiger partial charge in [-0.1, -0.05) is 0 Å². The van der Waals surface area contributed by atoms with E-state index in [-0.39, 0.29) is 36.8 Å². The highest BCUT2D eigenvalue weighted by atomic mass is 16.6. The molecule has 5 aliphatic carbocycles. The molecular weight excluding hydrogens is 436 g/mol. The molecule has 186 valence electrons. The Bertz CT molecular complexity index is 915. The maximum Gasteiger partial charge on any atom is 0.323 e. The van der Waals surface area contributed by atoms with Crippen molar-refractivity contribution in [2.75, 3.05) is 14.1 Å². The molecule has 5 saturated carbocycles. The largest absolute Gasteiger partial charge is 0.481 e. The highest BCUT2D eigenvalue weighted by Gasteiger charge is 2.64. The molecule has 2 unspecified atom stereocenters. The highest BCUT2D eigenvalue weighted by molar-refractivity contribution is 5.84. The maximum absolute atomic E-state index is 13.6. The number of aliphatic carboxylic acids is 1. The average Bonchev–Trinajstić information content (AvgIpc) is 3.40. The van der Waals surface area contributed by atoms with Gasteiger partial charge in [-0.05, 0) is 95.1 Å². The summed E-state index contributed by atoms with van der Waals surface area (Å²) in [5.74, 6) is -0.250. The first-order chi connectivity index (χ1) is 16.1. The van der Waals surface area contributed by atoms with Crippen molar-refractivity contribution in [2.24, 2.45) is 28.9 Å². The fraction of sp³-hybridized carbons (Fsp3) is 0.840. The van der Waals surface area contributed by atoms with E-state index in [0.717, 1.165) is 44.9 Å². The van der Waals surface area contributed by atoms with E-state index in [1.807, 2.05) is 0 Å². The van der Waals surface area contributed by atoms with E-state index in [1.165, 1.54) is 0 Å². The lowest BCUT2D eigenvalue weighted by Gasteiger charge is -2.62. The van der Waals surface area contributed by atoms with Crippen molar-refractivity contribution in [1.29, 1.82) is 5.26 Å². The van der Waals surface area contributed by atoms with E-state index in [9.17, 15) is 19.6 Å². The second-order valence-corrected chi connectivity index (χ2v) is 12.0. The topological polar surface area (TPSA) is 137 Å². The number of nitrogens with zero attached hydrogens (tertiary/aromatic N) is 3. The fourth-order valence-electron chi connectivity index (χ4n) is 8.17. The Hall–Kier alpha value is -2.18. The first-order valence-electron chi connectivity index (χ1n) is 12.6. The van der Waals surface area contributed by atoms with Crippen molar-refractivity contribution in [2.45, 2.75) is 94.0 Å². The minimum absolute atomic E-state index is 0.0996. The molecule has 0 aromatic heterocycles. The Kier molecular flexibility index (Phi) is 5.68. The molecule has 0 spiro atoms. The van der Waals surface area contributed by atoms with E-state index in [1.54, 1.807) is 23.9 Å². The molecule has 7 atom stereocenters. The first-order valence-corrected chi connectivity index (χ1v) is 12.6. The number of carboxylic acid groups (broad SMARTS) is 1. The number of carbonyl (C=O) groups is 3. The molecule has 1 heterocycles. The Morgan fingerprint density at radius 1 is 1.18 bits per heavy atom. The molecule has 1 aliphatic heterocycles. The average molecular weight is 473 g/mol. The van der Waals surface area contributed by atoms with E-state index in [2.05, 4.69) is 6.07 Å². The van der Waals surface area contributed by atoms with Gasteiger partial charge in [0.15, 0.2) is 0 Å². The first kappa shape index (κ1) is 23.6. The molecule has 6 aliphatic rings. The third-order valence-corrected chi connectivity index (χ3v) is 9.33. The number of amides is 1. The Morgan fingerprint density at radius 2 is 1.85 bits per heavy atom. The van der Waals surface area contributed by atoms with Gasteiger partial charge in [0.1, 0.15) is 17.7 Å². The third-order valence-electron chi connectivity index (χ3n) is 9.33. The summed E-state index contributed by atoms with van der Waals surface area (Å²) in [6, 6.07) is 0.770. The maximum atomic E-state index is 13.6. The molecule has 6 rings (SSSR count). The van der Waals surface area contributed by atoms with Gasteiger partial charge in [0, 0.05) is 12.5 Å². The van der Waals surface area contributed by atoms with Gasteiger partial charge >= 0.3 is 11.9 Å². The van der Waals surface area contributed by atoms with Gasteiger partial charge in [-0.2, -0.15) is 5.26 Å². The number of nitrogens with two attached hydrogens (primary N) is 1. The third kappa shape index (κ3) is 3.89. The molecule has 9 heteroatoms. The van der Waals surface area contributed by atoms with Gasteiger partial charge in [-0.3, -0.25) is 19.3 Å². The molecule has 1 saturated heterocycles. The number of rotatable bonds is 8. The summed E-state index contributed by atoms with van der Waals surface area (Å²) in [6.45, 7) is 0. The van der Waals surface area contributed by atoms with Crippen molar-refractivity contribution in [1.82, 2.24) is 9.80 Å². The number of nitriles is 1. The second-order valence-electron chi connectivity index (χ2n) is 12.0. The summed E-state index contributed by atoms with van der Waals surface area (Å²) < 4.78 is 6.25. The van der Waals surface area contributed by atoms with Crippen molar-refractivity contribution in [3.8, 4) is 6.07 Å². The lowest BCUT2D eigenvalue weighted by molar-refractivity contribution is -0.209. The van der Waals surface area contributed by atoms with Crippen LogP contribution in [0.15, 0.2) is 0 Å². The fourth-order valence-corrected chi connectivity index (χ4v) is 8.17. The van der Waals surface area contributed by atoms with E-state index in [0.29, 0.717) is 24.2 Å². The molecule has 6 fully saturated rings. The Morgan fingerprint density at radius 3 is 2.44 bits per heavy atom. The number of piperidine rings is 1. The number of fused-ring (bicyclic) bond motifs is 1. The second kappa shape index (κ2) is 8.20. The number of esters is 1. The van der Waals surface area contributed by atoms with E-state index < -0.39 is 29.1 Å². The number of carboxylic acids is 1. The quantitative estimate of drug-likeness (QED) is 0.507. The van der Waals surface area contributed by atoms with Gasteiger partial charge in [0.2, 0.25) is 5.91 Å². The smallest absolute Gasteiger partial charge is 0.323 e. The standard InChI is InChI=1S/C25H36N4O5/c1-28(2)18(3-4-20(30)31)23(33)34-25-10-14-5-15(11-25)9-24(8-14,13-25)21(27)22(32)29-17(12-26)6-16-7-19(16)29/h14-19,21H,3-11,13,27H2,1-2H3,(H,30,31)/t14?,15?,16-,17+,18+,19+,21-,24?,25?/m1/s1. The van der Waals surface area contributed by atoms with Crippen LogP contribution < -0.4 is 5.73 Å². The summed E-state index contributed by atoms with van der Waals surface area (Å²) >= 11 is 0. The highest BCUT2D eigenvalue weighted by Crippen LogP contribution is 2.64. The molecular formula is C25H36N4O5. The van der Waals surface area contributed by atoms with Crippen LogP contribution in [-0.4, -0.2) is 76.6 Å². The number of ether oxygens (including phenoxy) is 1. The van der Waals surface area contributed by atoms with Crippen LogP contribution in [0.4, 0.5) is 0 Å². The lowest BCUT2D eigenvalue weighted by atomic mass is 9.46. The summed E-state index contributed by atoms with van der Waals surface area (Å²) in [7, 11) is 3.52. The molecule has 3 N–H and O–H groups in total. The van der Waals surface area contributed by atoms with Crippen LogP contribution in [0.5, 0.6) is 0 Å². The molecule has 34 heavy (non-hydrogen) atoms. The van der Waals surface area contributed by atoms with E-state index >= 15 is 0 Å². The molecule has 0 aromatic carbocycles. The molecule has 1 amide bonds. The minimum Gasteiger partial charge on any atom is -0.481 e.